The van der Waals surface area contributed by atoms with E-state index in [0.29, 0.717) is 6.42 Å². The highest BCUT2D eigenvalue weighted by molar-refractivity contribution is 5.19. The van der Waals surface area contributed by atoms with E-state index in [1.165, 1.54) is 12.1 Å². The fourth-order valence-corrected chi connectivity index (χ4v) is 1.70. The number of benzene rings is 1. The molecule has 2 nitrogen and oxygen atoms in total. The Kier molecular flexibility index (Phi) is 3.83. The number of aliphatic hydroxyl groups excluding tert-OH is 1. The van der Waals surface area contributed by atoms with Gasteiger partial charge >= 0.3 is 0 Å². The summed E-state index contributed by atoms with van der Waals surface area (Å²) >= 11 is 0. The number of aryl methyl sites for hydroxylation is 1. The Balaban J connectivity index is 1.93. The number of halogens is 1. The Hall–Kier alpha value is -1.74. The lowest BCUT2D eigenvalue weighted by atomic mass is 10.0. The molecule has 1 aromatic heterocycles. The number of aliphatic hydroxyl groups is 1. The molecule has 1 unspecified atom stereocenters. The molecule has 0 saturated carbocycles. The van der Waals surface area contributed by atoms with Gasteiger partial charge in [0.05, 0.1) is 6.10 Å². The van der Waals surface area contributed by atoms with Crippen molar-refractivity contribution in [1.82, 2.24) is 4.98 Å². The fraction of sp³-hybridized carbons (Fsp3) is 0.214. The third kappa shape index (κ3) is 3.36. The lowest BCUT2D eigenvalue weighted by molar-refractivity contribution is 0.167. The molecule has 1 atom stereocenters. The summed E-state index contributed by atoms with van der Waals surface area (Å²) in [6.07, 6.45) is 4.32. The highest BCUT2D eigenvalue weighted by atomic mass is 19.1. The molecule has 2 aromatic rings. The van der Waals surface area contributed by atoms with Crippen LogP contribution in [0.5, 0.6) is 0 Å². The predicted molar refractivity (Wildman–Crippen MR) is 63.9 cm³/mol. The van der Waals surface area contributed by atoms with Gasteiger partial charge in [-0.2, -0.15) is 0 Å². The molecular formula is C14H14FNO. The molecule has 0 saturated heterocycles. The molecule has 0 amide bonds. The second-order valence-corrected chi connectivity index (χ2v) is 3.96. The average molecular weight is 231 g/mol. The van der Waals surface area contributed by atoms with Crippen molar-refractivity contribution in [3.63, 3.8) is 0 Å². The van der Waals surface area contributed by atoms with E-state index in [1.54, 1.807) is 24.5 Å². The molecule has 1 aromatic carbocycles. The SMILES string of the molecule is OC(CCc1ccncc1)c1ccc(F)cc1. The standard InChI is InChI=1S/C14H14FNO/c15-13-4-2-12(3-5-13)14(17)6-1-11-7-9-16-10-8-11/h2-5,7-10,14,17H,1,6H2. The number of hydrogen-bond acceptors (Lipinski definition) is 2. The Bertz CT molecular complexity index is 455. The summed E-state index contributed by atoms with van der Waals surface area (Å²) in [5.41, 5.74) is 1.89. The van der Waals surface area contributed by atoms with E-state index in [0.717, 1.165) is 17.5 Å². The Morgan fingerprint density at radius 3 is 2.35 bits per heavy atom. The third-order valence-electron chi connectivity index (χ3n) is 2.71. The zero-order chi connectivity index (χ0) is 12.1. The molecule has 1 heterocycles. The van der Waals surface area contributed by atoms with Gasteiger partial charge in [0.15, 0.2) is 0 Å². The summed E-state index contributed by atoms with van der Waals surface area (Å²) in [7, 11) is 0. The number of pyridine rings is 1. The Labute approximate surface area is 99.8 Å². The van der Waals surface area contributed by atoms with Gasteiger partial charge < -0.3 is 5.11 Å². The van der Waals surface area contributed by atoms with Gasteiger partial charge in [-0.15, -0.1) is 0 Å². The van der Waals surface area contributed by atoms with Crippen molar-refractivity contribution in [3.8, 4) is 0 Å². The minimum atomic E-state index is -0.552. The second kappa shape index (κ2) is 5.55. The zero-order valence-corrected chi connectivity index (χ0v) is 9.38. The van der Waals surface area contributed by atoms with Crippen molar-refractivity contribution in [2.45, 2.75) is 18.9 Å². The monoisotopic (exact) mass is 231 g/mol. The molecule has 0 aliphatic heterocycles. The van der Waals surface area contributed by atoms with Gasteiger partial charge in [-0.1, -0.05) is 12.1 Å². The van der Waals surface area contributed by atoms with Crippen molar-refractivity contribution in [3.05, 3.63) is 65.7 Å². The highest BCUT2D eigenvalue weighted by Crippen LogP contribution is 2.19. The quantitative estimate of drug-likeness (QED) is 0.877. The van der Waals surface area contributed by atoms with Gasteiger partial charge in [-0.25, -0.2) is 4.39 Å². The van der Waals surface area contributed by atoms with Crippen LogP contribution in [0.25, 0.3) is 0 Å². The van der Waals surface area contributed by atoms with Gasteiger partial charge in [0, 0.05) is 12.4 Å². The molecule has 17 heavy (non-hydrogen) atoms. The maximum absolute atomic E-state index is 12.7. The molecule has 0 aliphatic carbocycles. The first-order valence-corrected chi connectivity index (χ1v) is 5.58. The lowest BCUT2D eigenvalue weighted by Crippen LogP contribution is -1.99. The molecule has 3 heteroatoms. The second-order valence-electron chi connectivity index (χ2n) is 3.96. The van der Waals surface area contributed by atoms with Crippen molar-refractivity contribution >= 4 is 0 Å². The molecule has 1 N–H and O–H groups in total. The van der Waals surface area contributed by atoms with Gasteiger partial charge in [0.2, 0.25) is 0 Å². The van der Waals surface area contributed by atoms with Crippen LogP contribution in [-0.4, -0.2) is 10.1 Å². The summed E-state index contributed by atoms with van der Waals surface area (Å²) < 4.78 is 12.7. The minimum absolute atomic E-state index is 0.282. The lowest BCUT2D eigenvalue weighted by Gasteiger charge is -2.10. The van der Waals surface area contributed by atoms with Crippen LogP contribution in [0.15, 0.2) is 48.8 Å². The maximum atomic E-state index is 12.7. The summed E-state index contributed by atoms with van der Waals surface area (Å²) in [5.74, 6) is -0.282. The predicted octanol–water partition coefficient (Wildman–Crippen LogP) is 2.89. The highest BCUT2D eigenvalue weighted by Gasteiger charge is 2.07. The van der Waals surface area contributed by atoms with Gasteiger partial charge in [-0.05, 0) is 48.2 Å². The van der Waals surface area contributed by atoms with Gasteiger partial charge in [0.25, 0.3) is 0 Å². The van der Waals surface area contributed by atoms with E-state index in [-0.39, 0.29) is 5.82 Å². The minimum Gasteiger partial charge on any atom is -0.388 e. The molecule has 0 aliphatic rings. The van der Waals surface area contributed by atoms with Crippen LogP contribution in [0.2, 0.25) is 0 Å². The summed E-state index contributed by atoms with van der Waals surface area (Å²) in [6, 6.07) is 9.82. The first kappa shape index (κ1) is 11.7. The van der Waals surface area contributed by atoms with Gasteiger partial charge in [-0.3, -0.25) is 4.98 Å². The van der Waals surface area contributed by atoms with Crippen molar-refractivity contribution in [2.24, 2.45) is 0 Å². The van der Waals surface area contributed by atoms with Crippen molar-refractivity contribution < 1.29 is 9.50 Å². The van der Waals surface area contributed by atoms with E-state index >= 15 is 0 Å². The van der Waals surface area contributed by atoms with Crippen LogP contribution in [0.3, 0.4) is 0 Å². The fourth-order valence-electron chi connectivity index (χ4n) is 1.70. The van der Waals surface area contributed by atoms with Crippen molar-refractivity contribution in [1.29, 1.82) is 0 Å². The van der Waals surface area contributed by atoms with Crippen molar-refractivity contribution in [2.75, 3.05) is 0 Å². The summed E-state index contributed by atoms with van der Waals surface area (Å²) in [6.45, 7) is 0. The van der Waals surface area contributed by atoms with Gasteiger partial charge in [0.1, 0.15) is 5.82 Å². The summed E-state index contributed by atoms with van der Waals surface area (Å²) in [4.78, 5) is 3.94. The Morgan fingerprint density at radius 1 is 1.06 bits per heavy atom. The molecule has 0 spiro atoms. The molecule has 2 rings (SSSR count). The average Bonchev–Trinajstić information content (AvgIpc) is 2.38. The van der Waals surface area contributed by atoms with E-state index in [2.05, 4.69) is 4.98 Å². The van der Waals surface area contributed by atoms with E-state index in [4.69, 9.17) is 0 Å². The third-order valence-corrected chi connectivity index (χ3v) is 2.71. The first-order valence-electron chi connectivity index (χ1n) is 5.58. The topological polar surface area (TPSA) is 33.1 Å². The van der Waals surface area contributed by atoms with Crippen LogP contribution >= 0.6 is 0 Å². The van der Waals surface area contributed by atoms with E-state index < -0.39 is 6.10 Å². The Morgan fingerprint density at radius 2 is 1.71 bits per heavy atom. The molecular weight excluding hydrogens is 217 g/mol. The smallest absolute Gasteiger partial charge is 0.123 e. The van der Waals surface area contributed by atoms with E-state index in [9.17, 15) is 9.50 Å². The van der Waals surface area contributed by atoms with Crippen LogP contribution in [0.1, 0.15) is 23.7 Å². The molecule has 0 fully saturated rings. The van der Waals surface area contributed by atoms with Crippen LogP contribution in [0.4, 0.5) is 4.39 Å². The van der Waals surface area contributed by atoms with Crippen LogP contribution in [-0.2, 0) is 6.42 Å². The molecule has 0 radical (unpaired) electrons. The van der Waals surface area contributed by atoms with E-state index in [1.807, 2.05) is 12.1 Å². The zero-order valence-electron chi connectivity index (χ0n) is 9.38. The number of nitrogens with zero attached hydrogens (tertiary/aromatic N) is 1. The number of aromatic nitrogens is 1. The van der Waals surface area contributed by atoms with Crippen LogP contribution in [0, 0.1) is 5.82 Å². The molecule has 88 valence electrons. The number of hydrogen-bond donors (Lipinski definition) is 1. The largest absolute Gasteiger partial charge is 0.388 e. The number of rotatable bonds is 4. The summed E-state index contributed by atoms with van der Waals surface area (Å²) in [5, 5.41) is 9.93. The maximum Gasteiger partial charge on any atom is 0.123 e. The van der Waals surface area contributed by atoms with Crippen LogP contribution < -0.4 is 0 Å². The molecule has 0 bridgehead atoms. The normalized spacial score (nSPS) is 12.4. The first-order chi connectivity index (χ1) is 8.25.